The average Bonchev–Trinajstić information content (AvgIpc) is 2.53. The fourth-order valence-electron chi connectivity index (χ4n) is 2.68. The lowest BCUT2D eigenvalue weighted by molar-refractivity contribution is -0.134. The first-order chi connectivity index (χ1) is 10.6. The van der Waals surface area contributed by atoms with Crippen LogP contribution in [0.5, 0.6) is 0 Å². The second-order valence-electron chi connectivity index (χ2n) is 5.43. The number of alkyl halides is 1. The third-order valence-electron chi connectivity index (χ3n) is 3.95. The second kappa shape index (κ2) is 5.84. The number of fused-ring (bicyclic) bond motifs is 1. The molecule has 1 aromatic heterocycles. The third-order valence-corrected chi connectivity index (χ3v) is 3.95. The lowest BCUT2D eigenvalue weighted by atomic mass is 10.0. The van der Waals surface area contributed by atoms with Gasteiger partial charge in [0.25, 0.3) is 5.56 Å². The van der Waals surface area contributed by atoms with Gasteiger partial charge in [-0.25, -0.2) is 9.49 Å². The summed E-state index contributed by atoms with van der Waals surface area (Å²) >= 11 is 0. The van der Waals surface area contributed by atoms with Gasteiger partial charge in [0.15, 0.2) is 0 Å². The van der Waals surface area contributed by atoms with Gasteiger partial charge in [-0.1, -0.05) is 18.2 Å². The highest BCUT2D eigenvalue weighted by Crippen LogP contribution is 2.17. The van der Waals surface area contributed by atoms with Gasteiger partial charge in [0, 0.05) is 11.9 Å². The van der Waals surface area contributed by atoms with Crippen molar-refractivity contribution in [3.63, 3.8) is 0 Å². The van der Waals surface area contributed by atoms with E-state index in [1.807, 2.05) is 0 Å². The molecule has 1 aromatic carbocycles. The molecule has 2 unspecified atom stereocenters. The summed E-state index contributed by atoms with van der Waals surface area (Å²) in [5, 5.41) is 16.8. The Morgan fingerprint density at radius 2 is 2.14 bits per heavy atom. The van der Waals surface area contributed by atoms with Crippen LogP contribution >= 0.6 is 0 Å². The van der Waals surface area contributed by atoms with E-state index in [0.29, 0.717) is 23.0 Å². The number of aromatic amines is 1. The number of hydrogen-bond acceptors (Lipinski definition) is 4. The van der Waals surface area contributed by atoms with Crippen molar-refractivity contribution in [1.82, 2.24) is 15.1 Å². The molecule has 1 saturated heterocycles. The number of nitrogens with zero attached hydrogens (tertiary/aromatic N) is 2. The summed E-state index contributed by atoms with van der Waals surface area (Å²) in [5.74, 6) is -0.265. The maximum atomic E-state index is 13.5. The number of H-pyrrole nitrogens is 1. The van der Waals surface area contributed by atoms with Crippen molar-refractivity contribution in [3.8, 4) is 0 Å². The highest BCUT2D eigenvalue weighted by Gasteiger charge is 2.30. The molecule has 1 amide bonds. The summed E-state index contributed by atoms with van der Waals surface area (Å²) in [4.78, 5) is 25.4. The van der Waals surface area contributed by atoms with Crippen LogP contribution in [0.3, 0.4) is 0 Å². The quantitative estimate of drug-likeness (QED) is 0.841. The fraction of sp³-hybridized carbons (Fsp3) is 0.400. The first-order valence-corrected chi connectivity index (χ1v) is 7.12. The number of carbonyl (C=O) groups excluding carboxylic acids is 1. The van der Waals surface area contributed by atoms with Gasteiger partial charge in [0.05, 0.1) is 30.1 Å². The van der Waals surface area contributed by atoms with Gasteiger partial charge in [-0.05, 0) is 12.5 Å². The SMILES string of the molecule is O=C(Cc1n[nH]c(=O)c2ccccc12)N1CCC(O)C(F)C1. The molecule has 1 aliphatic heterocycles. The minimum absolute atomic E-state index is 0.0138. The van der Waals surface area contributed by atoms with Gasteiger partial charge >= 0.3 is 0 Å². The molecule has 6 nitrogen and oxygen atoms in total. The van der Waals surface area contributed by atoms with Crippen molar-refractivity contribution >= 4 is 16.7 Å². The normalized spacial score (nSPS) is 22.0. The van der Waals surface area contributed by atoms with Crippen molar-refractivity contribution in [2.24, 2.45) is 0 Å². The molecule has 2 atom stereocenters. The zero-order valence-electron chi connectivity index (χ0n) is 11.8. The van der Waals surface area contributed by atoms with Crippen molar-refractivity contribution in [1.29, 1.82) is 0 Å². The van der Waals surface area contributed by atoms with Crippen molar-refractivity contribution in [2.45, 2.75) is 25.1 Å². The Morgan fingerprint density at radius 3 is 2.86 bits per heavy atom. The minimum atomic E-state index is -1.42. The first kappa shape index (κ1) is 14.6. The number of likely N-dealkylation sites (tertiary alicyclic amines) is 1. The van der Waals surface area contributed by atoms with Crippen LogP contribution in [0, 0.1) is 0 Å². The molecule has 0 aliphatic carbocycles. The van der Waals surface area contributed by atoms with Crippen molar-refractivity contribution in [2.75, 3.05) is 13.1 Å². The number of benzene rings is 1. The lowest BCUT2D eigenvalue weighted by Gasteiger charge is -2.32. The molecule has 0 spiro atoms. The zero-order valence-corrected chi connectivity index (χ0v) is 11.8. The van der Waals surface area contributed by atoms with Crippen LogP contribution in [-0.4, -0.2) is 51.5 Å². The van der Waals surface area contributed by atoms with Gasteiger partial charge in [-0.15, -0.1) is 0 Å². The topological polar surface area (TPSA) is 86.3 Å². The Bertz CT molecular complexity index is 761. The molecule has 2 heterocycles. The van der Waals surface area contributed by atoms with E-state index in [0.717, 1.165) is 0 Å². The average molecular weight is 305 g/mol. The van der Waals surface area contributed by atoms with Gasteiger partial charge in [0.2, 0.25) is 5.91 Å². The smallest absolute Gasteiger partial charge is 0.272 e. The maximum absolute atomic E-state index is 13.5. The molecule has 0 radical (unpaired) electrons. The molecule has 116 valence electrons. The van der Waals surface area contributed by atoms with Crippen LogP contribution in [-0.2, 0) is 11.2 Å². The van der Waals surface area contributed by atoms with E-state index in [1.165, 1.54) is 4.90 Å². The Balaban J connectivity index is 1.83. The number of rotatable bonds is 2. The van der Waals surface area contributed by atoms with Crippen molar-refractivity contribution < 1.29 is 14.3 Å². The monoisotopic (exact) mass is 305 g/mol. The second-order valence-corrected chi connectivity index (χ2v) is 5.43. The molecule has 7 heteroatoms. The van der Waals surface area contributed by atoms with E-state index in [1.54, 1.807) is 24.3 Å². The molecule has 2 aromatic rings. The van der Waals surface area contributed by atoms with Crippen LogP contribution in [0.25, 0.3) is 10.8 Å². The maximum Gasteiger partial charge on any atom is 0.272 e. The van der Waals surface area contributed by atoms with Crippen LogP contribution in [0.15, 0.2) is 29.1 Å². The van der Waals surface area contributed by atoms with E-state index in [9.17, 15) is 19.1 Å². The third kappa shape index (κ3) is 2.71. The number of piperidine rings is 1. The number of amides is 1. The summed E-state index contributed by atoms with van der Waals surface area (Å²) in [6.45, 7) is 0.211. The van der Waals surface area contributed by atoms with Crippen LogP contribution < -0.4 is 5.56 Å². The molecule has 1 fully saturated rings. The standard InChI is InChI=1S/C15H16FN3O3/c16-11-8-19(6-5-13(11)20)14(21)7-12-9-3-1-2-4-10(9)15(22)18-17-12/h1-4,11,13,20H,5-8H2,(H,18,22). The predicted octanol–water partition coefficient (Wildman–Crippen LogP) is 0.397. The summed E-state index contributed by atoms with van der Waals surface area (Å²) in [7, 11) is 0. The van der Waals surface area contributed by atoms with E-state index in [4.69, 9.17) is 0 Å². The molecule has 2 N–H and O–H groups in total. The lowest BCUT2D eigenvalue weighted by Crippen LogP contribution is -2.47. The molecular formula is C15H16FN3O3. The van der Waals surface area contributed by atoms with E-state index in [-0.39, 0.29) is 30.9 Å². The number of hydrogen-bond donors (Lipinski definition) is 2. The molecule has 0 saturated carbocycles. The number of aromatic nitrogens is 2. The summed E-state index contributed by atoms with van der Waals surface area (Å²) in [6, 6.07) is 6.91. The number of halogens is 1. The van der Waals surface area contributed by atoms with Gasteiger partial charge in [-0.3, -0.25) is 9.59 Å². The highest BCUT2D eigenvalue weighted by atomic mass is 19.1. The number of aliphatic hydroxyl groups is 1. The Hall–Kier alpha value is -2.28. The summed E-state index contributed by atoms with van der Waals surface area (Å²) in [5.41, 5.74) is 0.151. The summed E-state index contributed by atoms with van der Waals surface area (Å²) < 4.78 is 13.5. The molecule has 3 rings (SSSR count). The van der Waals surface area contributed by atoms with E-state index < -0.39 is 12.3 Å². The summed E-state index contributed by atoms with van der Waals surface area (Å²) in [6.07, 6.45) is -2.21. The molecule has 1 aliphatic rings. The number of nitrogens with one attached hydrogen (secondary N) is 1. The van der Waals surface area contributed by atoms with Crippen LogP contribution in [0.2, 0.25) is 0 Å². The molecular weight excluding hydrogens is 289 g/mol. The highest BCUT2D eigenvalue weighted by molar-refractivity contribution is 5.88. The van der Waals surface area contributed by atoms with Gasteiger partial charge < -0.3 is 10.0 Å². The zero-order chi connectivity index (χ0) is 15.7. The first-order valence-electron chi connectivity index (χ1n) is 7.12. The predicted molar refractivity (Wildman–Crippen MR) is 78.2 cm³/mol. The minimum Gasteiger partial charge on any atom is -0.390 e. The Morgan fingerprint density at radius 1 is 1.41 bits per heavy atom. The van der Waals surface area contributed by atoms with Crippen LogP contribution in [0.1, 0.15) is 12.1 Å². The van der Waals surface area contributed by atoms with Crippen LogP contribution in [0.4, 0.5) is 4.39 Å². The number of aliphatic hydroxyl groups excluding tert-OH is 1. The van der Waals surface area contributed by atoms with Gasteiger partial charge in [-0.2, -0.15) is 5.10 Å². The van der Waals surface area contributed by atoms with E-state index in [2.05, 4.69) is 10.2 Å². The Labute approximate surface area is 125 Å². The molecule has 0 bridgehead atoms. The Kier molecular flexibility index (Phi) is 3.89. The molecule has 22 heavy (non-hydrogen) atoms. The van der Waals surface area contributed by atoms with Gasteiger partial charge in [0.1, 0.15) is 6.17 Å². The number of carbonyl (C=O) groups is 1. The van der Waals surface area contributed by atoms with Crippen molar-refractivity contribution in [3.05, 3.63) is 40.3 Å². The van der Waals surface area contributed by atoms with E-state index >= 15 is 0 Å². The largest absolute Gasteiger partial charge is 0.390 e. The fourth-order valence-corrected chi connectivity index (χ4v) is 2.68.